The summed E-state index contributed by atoms with van der Waals surface area (Å²) in [6.07, 6.45) is -4.82. The molecule has 0 aliphatic rings. The standard InChI is InChI=1S/C10H4F3NO3/c11-10(12,13)7-3-5(8(15)9(16)17)1-2-6(7)4-14/h1-3H,(H,16,17). The number of carbonyl (C=O) groups excluding carboxylic acids is 1. The molecule has 0 aliphatic heterocycles. The number of carboxylic acid groups (broad SMARTS) is 1. The Labute approximate surface area is 92.9 Å². The van der Waals surface area contributed by atoms with E-state index in [-0.39, 0.29) is 0 Å². The molecule has 0 unspecified atom stereocenters. The number of ketones is 1. The lowest BCUT2D eigenvalue weighted by molar-refractivity contribution is -0.138. The maximum absolute atomic E-state index is 12.5. The van der Waals surface area contributed by atoms with Gasteiger partial charge in [-0.3, -0.25) is 4.79 Å². The molecule has 17 heavy (non-hydrogen) atoms. The van der Waals surface area contributed by atoms with Crippen LogP contribution in [0.2, 0.25) is 0 Å². The highest BCUT2D eigenvalue weighted by atomic mass is 19.4. The highest BCUT2D eigenvalue weighted by Crippen LogP contribution is 2.32. The van der Waals surface area contributed by atoms with Gasteiger partial charge in [0.25, 0.3) is 5.78 Å². The van der Waals surface area contributed by atoms with E-state index in [9.17, 15) is 22.8 Å². The van der Waals surface area contributed by atoms with Crippen LogP contribution >= 0.6 is 0 Å². The molecule has 1 rings (SSSR count). The molecule has 0 aliphatic carbocycles. The van der Waals surface area contributed by atoms with Gasteiger partial charge < -0.3 is 5.11 Å². The molecule has 0 aromatic heterocycles. The monoisotopic (exact) mass is 243 g/mol. The van der Waals surface area contributed by atoms with E-state index in [0.29, 0.717) is 6.07 Å². The molecule has 0 bridgehead atoms. The van der Waals surface area contributed by atoms with Crippen molar-refractivity contribution in [2.24, 2.45) is 0 Å². The predicted octanol–water partition coefficient (Wildman–Crippen LogP) is 1.84. The molecule has 1 N–H and O–H groups in total. The first-order valence-corrected chi connectivity index (χ1v) is 4.16. The van der Waals surface area contributed by atoms with Gasteiger partial charge in [-0.05, 0) is 18.2 Å². The zero-order valence-corrected chi connectivity index (χ0v) is 8.08. The number of aliphatic carboxylic acids is 1. The molecule has 0 saturated carbocycles. The summed E-state index contributed by atoms with van der Waals surface area (Å²) < 4.78 is 37.4. The van der Waals surface area contributed by atoms with Gasteiger partial charge in [-0.1, -0.05) is 0 Å². The van der Waals surface area contributed by atoms with Crippen molar-refractivity contribution in [2.45, 2.75) is 6.18 Å². The molecule has 0 amide bonds. The second kappa shape index (κ2) is 4.25. The fourth-order valence-electron chi connectivity index (χ4n) is 1.14. The van der Waals surface area contributed by atoms with E-state index in [1.54, 1.807) is 0 Å². The molecule has 7 heteroatoms. The molecule has 4 nitrogen and oxygen atoms in total. The van der Waals surface area contributed by atoms with Crippen LogP contribution in [0.3, 0.4) is 0 Å². The number of halogens is 3. The molecule has 0 spiro atoms. The summed E-state index contributed by atoms with van der Waals surface area (Å²) >= 11 is 0. The van der Waals surface area contributed by atoms with E-state index in [1.807, 2.05) is 0 Å². The van der Waals surface area contributed by atoms with E-state index < -0.39 is 34.6 Å². The quantitative estimate of drug-likeness (QED) is 0.635. The Morgan fingerprint density at radius 2 is 1.88 bits per heavy atom. The summed E-state index contributed by atoms with van der Waals surface area (Å²) in [5, 5.41) is 16.8. The highest BCUT2D eigenvalue weighted by Gasteiger charge is 2.34. The van der Waals surface area contributed by atoms with Gasteiger partial charge in [0.2, 0.25) is 0 Å². The van der Waals surface area contributed by atoms with Crippen molar-refractivity contribution in [3.8, 4) is 6.07 Å². The predicted molar refractivity (Wildman–Crippen MR) is 48.1 cm³/mol. The summed E-state index contributed by atoms with van der Waals surface area (Å²) in [4.78, 5) is 21.3. The maximum Gasteiger partial charge on any atom is 0.417 e. The number of carboxylic acids is 1. The van der Waals surface area contributed by atoms with Crippen molar-refractivity contribution in [2.75, 3.05) is 0 Å². The van der Waals surface area contributed by atoms with Crippen LogP contribution in [0.4, 0.5) is 13.2 Å². The first kappa shape index (κ1) is 12.7. The van der Waals surface area contributed by atoms with Gasteiger partial charge in [0.15, 0.2) is 0 Å². The number of rotatable bonds is 2. The lowest BCUT2D eigenvalue weighted by Crippen LogP contribution is -2.15. The second-order valence-corrected chi connectivity index (χ2v) is 3.00. The number of hydrogen-bond donors (Lipinski definition) is 1. The molecule has 0 heterocycles. The molecule has 0 saturated heterocycles. The Balaban J connectivity index is 3.39. The van der Waals surface area contributed by atoms with Crippen molar-refractivity contribution in [1.82, 2.24) is 0 Å². The third-order valence-electron chi connectivity index (χ3n) is 1.90. The first-order chi connectivity index (χ1) is 7.77. The summed E-state index contributed by atoms with van der Waals surface area (Å²) in [7, 11) is 0. The Bertz CT molecular complexity index is 529. The van der Waals surface area contributed by atoms with Crippen LogP contribution in [0.15, 0.2) is 18.2 Å². The number of hydrogen-bond acceptors (Lipinski definition) is 3. The van der Waals surface area contributed by atoms with Crippen molar-refractivity contribution < 1.29 is 27.9 Å². The van der Waals surface area contributed by atoms with Crippen molar-refractivity contribution in [3.05, 3.63) is 34.9 Å². The molecule has 88 valence electrons. The van der Waals surface area contributed by atoms with Crippen LogP contribution in [0.5, 0.6) is 0 Å². The molecule has 0 atom stereocenters. The molecule has 1 aromatic carbocycles. The third-order valence-corrected chi connectivity index (χ3v) is 1.90. The van der Waals surface area contributed by atoms with Crippen molar-refractivity contribution in [3.63, 3.8) is 0 Å². The number of alkyl halides is 3. The topological polar surface area (TPSA) is 78.2 Å². The zero-order chi connectivity index (χ0) is 13.2. The van der Waals surface area contributed by atoms with Gasteiger partial charge in [-0.2, -0.15) is 18.4 Å². The van der Waals surface area contributed by atoms with Gasteiger partial charge in [0.1, 0.15) is 0 Å². The van der Waals surface area contributed by atoms with Crippen LogP contribution < -0.4 is 0 Å². The van der Waals surface area contributed by atoms with Gasteiger partial charge in [0, 0.05) is 5.56 Å². The first-order valence-electron chi connectivity index (χ1n) is 4.16. The lowest BCUT2D eigenvalue weighted by atomic mass is 10.0. The fraction of sp³-hybridized carbons (Fsp3) is 0.100. The minimum Gasteiger partial charge on any atom is -0.475 e. The number of Topliss-reactive ketones (excluding diaryl/α,β-unsaturated/α-hetero) is 1. The van der Waals surface area contributed by atoms with E-state index in [4.69, 9.17) is 10.4 Å². The molecular formula is C10H4F3NO3. The second-order valence-electron chi connectivity index (χ2n) is 3.00. The zero-order valence-electron chi connectivity index (χ0n) is 8.08. The molecular weight excluding hydrogens is 239 g/mol. The average molecular weight is 243 g/mol. The van der Waals surface area contributed by atoms with Gasteiger partial charge in [0.05, 0.1) is 17.2 Å². The summed E-state index contributed by atoms with van der Waals surface area (Å²) in [5.41, 5.74) is -2.62. The van der Waals surface area contributed by atoms with Crippen LogP contribution in [0.1, 0.15) is 21.5 Å². The smallest absolute Gasteiger partial charge is 0.417 e. The molecule has 1 aromatic rings. The number of nitrogens with zero attached hydrogens (tertiary/aromatic N) is 1. The van der Waals surface area contributed by atoms with E-state index >= 15 is 0 Å². The van der Waals surface area contributed by atoms with Gasteiger partial charge >= 0.3 is 12.1 Å². The Hall–Kier alpha value is -2.36. The van der Waals surface area contributed by atoms with Gasteiger partial charge in [-0.25, -0.2) is 4.79 Å². The van der Waals surface area contributed by atoms with Crippen LogP contribution in [0, 0.1) is 11.3 Å². The third kappa shape index (κ3) is 2.60. The van der Waals surface area contributed by atoms with E-state index in [1.165, 1.54) is 6.07 Å². The minimum absolute atomic E-state index is 0.356. The SMILES string of the molecule is N#Cc1ccc(C(=O)C(=O)O)cc1C(F)(F)F. The summed E-state index contributed by atoms with van der Waals surface area (Å²) in [5.74, 6) is -3.32. The Kier molecular flexibility index (Phi) is 3.18. The normalized spacial score (nSPS) is 10.7. The number of nitriles is 1. The highest BCUT2D eigenvalue weighted by molar-refractivity contribution is 6.39. The Morgan fingerprint density at radius 3 is 2.29 bits per heavy atom. The molecule has 0 radical (unpaired) electrons. The number of carbonyl (C=O) groups is 2. The summed E-state index contributed by atoms with van der Waals surface area (Å²) in [6, 6.07) is 3.30. The fourth-order valence-corrected chi connectivity index (χ4v) is 1.14. The van der Waals surface area contributed by atoms with Crippen molar-refractivity contribution in [1.29, 1.82) is 5.26 Å². The van der Waals surface area contributed by atoms with Crippen LogP contribution in [0.25, 0.3) is 0 Å². The largest absolute Gasteiger partial charge is 0.475 e. The van der Waals surface area contributed by atoms with Gasteiger partial charge in [-0.15, -0.1) is 0 Å². The van der Waals surface area contributed by atoms with E-state index in [0.717, 1.165) is 12.1 Å². The average Bonchev–Trinajstić information content (AvgIpc) is 2.25. The van der Waals surface area contributed by atoms with E-state index in [2.05, 4.69) is 0 Å². The Morgan fingerprint density at radius 1 is 1.29 bits per heavy atom. The maximum atomic E-state index is 12.5. The van der Waals surface area contributed by atoms with Crippen molar-refractivity contribution >= 4 is 11.8 Å². The number of benzene rings is 1. The molecule has 0 fully saturated rings. The summed E-state index contributed by atoms with van der Waals surface area (Å²) in [6.45, 7) is 0. The minimum atomic E-state index is -4.82. The lowest BCUT2D eigenvalue weighted by Gasteiger charge is -2.09. The van der Waals surface area contributed by atoms with Crippen LogP contribution in [-0.4, -0.2) is 16.9 Å². The van der Waals surface area contributed by atoms with Crippen LogP contribution in [-0.2, 0) is 11.0 Å².